The van der Waals surface area contributed by atoms with Crippen LogP contribution in [0.5, 0.6) is 0 Å². The normalized spacial score (nSPS) is 13.7. The Morgan fingerprint density at radius 1 is 0.950 bits per heavy atom. The van der Waals surface area contributed by atoms with Crippen molar-refractivity contribution in [2.75, 3.05) is 0 Å². The summed E-state index contributed by atoms with van der Waals surface area (Å²) in [5.74, 6) is -0.896. The smallest absolute Gasteiger partial charge is 0.303 e. The SMILES string of the molecule is O=C(O)CCC(O)(Cc1ccccc1)c1ccccc1. The van der Waals surface area contributed by atoms with E-state index in [1.807, 2.05) is 60.7 Å². The second-order valence-electron chi connectivity index (χ2n) is 4.95. The quantitative estimate of drug-likeness (QED) is 0.848. The standard InChI is InChI=1S/C17H18O3/c18-16(19)11-12-17(20,15-9-5-2-6-10-15)13-14-7-3-1-4-8-14/h1-10,20H,11-13H2,(H,18,19). The molecule has 0 spiro atoms. The van der Waals surface area contributed by atoms with E-state index < -0.39 is 11.6 Å². The third-order valence-corrected chi connectivity index (χ3v) is 3.40. The Hall–Kier alpha value is -2.13. The minimum atomic E-state index is -1.15. The molecule has 20 heavy (non-hydrogen) atoms. The maximum Gasteiger partial charge on any atom is 0.303 e. The van der Waals surface area contributed by atoms with Gasteiger partial charge in [-0.3, -0.25) is 4.79 Å². The molecule has 0 aliphatic heterocycles. The maximum atomic E-state index is 10.9. The van der Waals surface area contributed by atoms with E-state index in [0.29, 0.717) is 6.42 Å². The molecule has 0 heterocycles. The molecule has 2 aromatic carbocycles. The zero-order chi connectivity index (χ0) is 14.4. The highest BCUT2D eigenvalue weighted by Crippen LogP contribution is 2.30. The molecule has 0 saturated heterocycles. The predicted molar refractivity (Wildman–Crippen MR) is 77.4 cm³/mol. The highest BCUT2D eigenvalue weighted by atomic mass is 16.4. The van der Waals surface area contributed by atoms with E-state index in [-0.39, 0.29) is 12.8 Å². The van der Waals surface area contributed by atoms with Crippen LogP contribution in [0.2, 0.25) is 0 Å². The first-order valence-corrected chi connectivity index (χ1v) is 6.64. The van der Waals surface area contributed by atoms with Gasteiger partial charge in [-0.25, -0.2) is 0 Å². The molecule has 104 valence electrons. The van der Waals surface area contributed by atoms with Gasteiger partial charge in [0.1, 0.15) is 0 Å². The zero-order valence-electron chi connectivity index (χ0n) is 11.2. The Labute approximate surface area is 118 Å². The van der Waals surface area contributed by atoms with Gasteiger partial charge in [0.25, 0.3) is 0 Å². The third kappa shape index (κ3) is 3.68. The highest BCUT2D eigenvalue weighted by molar-refractivity contribution is 5.66. The fourth-order valence-corrected chi connectivity index (χ4v) is 2.33. The lowest BCUT2D eigenvalue weighted by molar-refractivity contribution is -0.138. The third-order valence-electron chi connectivity index (χ3n) is 3.40. The second-order valence-corrected chi connectivity index (χ2v) is 4.95. The number of aliphatic hydroxyl groups is 1. The van der Waals surface area contributed by atoms with E-state index in [2.05, 4.69) is 0 Å². The van der Waals surface area contributed by atoms with Gasteiger partial charge in [-0.2, -0.15) is 0 Å². The van der Waals surface area contributed by atoms with Gasteiger partial charge in [-0.1, -0.05) is 60.7 Å². The van der Waals surface area contributed by atoms with E-state index in [1.54, 1.807) is 0 Å². The van der Waals surface area contributed by atoms with Crippen molar-refractivity contribution in [3.05, 3.63) is 71.8 Å². The van der Waals surface area contributed by atoms with Gasteiger partial charge in [0.05, 0.1) is 5.60 Å². The number of hydrogen-bond acceptors (Lipinski definition) is 2. The van der Waals surface area contributed by atoms with Gasteiger partial charge < -0.3 is 10.2 Å². The number of aliphatic carboxylic acids is 1. The lowest BCUT2D eigenvalue weighted by atomic mass is 9.83. The fourth-order valence-electron chi connectivity index (χ4n) is 2.33. The van der Waals surface area contributed by atoms with Crippen molar-refractivity contribution in [2.45, 2.75) is 24.9 Å². The zero-order valence-corrected chi connectivity index (χ0v) is 11.2. The van der Waals surface area contributed by atoms with Crippen molar-refractivity contribution in [3.8, 4) is 0 Å². The molecule has 1 unspecified atom stereocenters. The predicted octanol–water partition coefficient (Wildman–Crippen LogP) is 2.98. The number of carboxylic acids is 1. The van der Waals surface area contributed by atoms with Crippen LogP contribution in [-0.4, -0.2) is 16.2 Å². The van der Waals surface area contributed by atoms with Crippen molar-refractivity contribution in [1.82, 2.24) is 0 Å². The van der Waals surface area contributed by atoms with Gasteiger partial charge in [0.15, 0.2) is 0 Å². The van der Waals surface area contributed by atoms with E-state index in [9.17, 15) is 9.90 Å². The average molecular weight is 270 g/mol. The van der Waals surface area contributed by atoms with Crippen LogP contribution in [0.15, 0.2) is 60.7 Å². The van der Waals surface area contributed by atoms with Gasteiger partial charge in [-0.15, -0.1) is 0 Å². The number of benzene rings is 2. The Bertz CT molecular complexity index is 551. The first-order chi connectivity index (χ1) is 9.60. The molecular formula is C17H18O3. The van der Waals surface area contributed by atoms with Crippen molar-refractivity contribution < 1.29 is 15.0 Å². The summed E-state index contributed by atoms with van der Waals surface area (Å²) in [6.45, 7) is 0. The van der Waals surface area contributed by atoms with Crippen LogP contribution in [0.4, 0.5) is 0 Å². The molecule has 0 bridgehead atoms. The van der Waals surface area contributed by atoms with Gasteiger partial charge in [-0.05, 0) is 17.5 Å². The van der Waals surface area contributed by atoms with E-state index >= 15 is 0 Å². The molecule has 0 amide bonds. The minimum Gasteiger partial charge on any atom is -0.481 e. The first-order valence-electron chi connectivity index (χ1n) is 6.64. The summed E-state index contributed by atoms with van der Waals surface area (Å²) in [5, 5.41) is 19.8. The molecule has 0 radical (unpaired) electrons. The van der Waals surface area contributed by atoms with Crippen LogP contribution in [0.1, 0.15) is 24.0 Å². The molecule has 2 N–H and O–H groups in total. The minimum absolute atomic E-state index is 0.0573. The van der Waals surface area contributed by atoms with Crippen molar-refractivity contribution in [2.24, 2.45) is 0 Å². The Kier molecular flexibility index (Phi) is 4.53. The molecule has 0 aliphatic rings. The molecule has 0 aromatic heterocycles. The summed E-state index contributed by atoms with van der Waals surface area (Å²) in [4.78, 5) is 10.8. The Morgan fingerprint density at radius 2 is 1.50 bits per heavy atom. The van der Waals surface area contributed by atoms with Crippen molar-refractivity contribution in [3.63, 3.8) is 0 Å². The number of carbonyl (C=O) groups is 1. The van der Waals surface area contributed by atoms with E-state index in [1.165, 1.54) is 0 Å². The monoisotopic (exact) mass is 270 g/mol. The highest BCUT2D eigenvalue weighted by Gasteiger charge is 2.30. The van der Waals surface area contributed by atoms with Crippen molar-refractivity contribution in [1.29, 1.82) is 0 Å². The van der Waals surface area contributed by atoms with Gasteiger partial charge in [0.2, 0.25) is 0 Å². The maximum absolute atomic E-state index is 10.9. The number of rotatable bonds is 6. The summed E-state index contributed by atoms with van der Waals surface area (Å²) in [6.07, 6.45) is 0.546. The molecule has 3 heteroatoms. The van der Waals surface area contributed by atoms with Gasteiger partial charge >= 0.3 is 5.97 Å². The number of hydrogen-bond donors (Lipinski definition) is 2. The van der Waals surface area contributed by atoms with E-state index in [0.717, 1.165) is 11.1 Å². The van der Waals surface area contributed by atoms with Crippen LogP contribution >= 0.6 is 0 Å². The van der Waals surface area contributed by atoms with Crippen LogP contribution in [0.3, 0.4) is 0 Å². The van der Waals surface area contributed by atoms with Crippen LogP contribution in [-0.2, 0) is 16.8 Å². The summed E-state index contributed by atoms with van der Waals surface area (Å²) < 4.78 is 0. The number of carboxylic acid groups (broad SMARTS) is 1. The van der Waals surface area contributed by atoms with Crippen LogP contribution in [0, 0.1) is 0 Å². The summed E-state index contributed by atoms with van der Waals surface area (Å²) in [6, 6.07) is 18.9. The molecule has 0 saturated carbocycles. The van der Waals surface area contributed by atoms with Gasteiger partial charge in [0, 0.05) is 12.8 Å². The Balaban J connectivity index is 2.26. The second kappa shape index (κ2) is 6.35. The molecule has 1 atom stereocenters. The molecule has 2 rings (SSSR count). The van der Waals surface area contributed by atoms with Crippen LogP contribution < -0.4 is 0 Å². The molecule has 0 fully saturated rings. The lowest BCUT2D eigenvalue weighted by Gasteiger charge is -2.28. The summed E-state index contributed by atoms with van der Waals surface area (Å²) in [5.41, 5.74) is 0.593. The first kappa shape index (κ1) is 14.3. The van der Waals surface area contributed by atoms with Crippen LogP contribution in [0.25, 0.3) is 0 Å². The largest absolute Gasteiger partial charge is 0.481 e. The lowest BCUT2D eigenvalue weighted by Crippen LogP contribution is -2.29. The summed E-state index contributed by atoms with van der Waals surface area (Å²) >= 11 is 0. The molecular weight excluding hydrogens is 252 g/mol. The summed E-state index contributed by atoms with van der Waals surface area (Å²) in [7, 11) is 0. The average Bonchev–Trinajstić information content (AvgIpc) is 2.47. The molecule has 2 aromatic rings. The fraction of sp³-hybridized carbons (Fsp3) is 0.235. The van der Waals surface area contributed by atoms with Crippen molar-refractivity contribution >= 4 is 5.97 Å². The molecule has 0 aliphatic carbocycles. The van der Waals surface area contributed by atoms with E-state index in [4.69, 9.17) is 5.11 Å². The topological polar surface area (TPSA) is 57.5 Å². The Morgan fingerprint density at radius 3 is 2.05 bits per heavy atom. The molecule has 3 nitrogen and oxygen atoms in total.